The number of aryl methyl sites for hydroxylation is 1. The highest BCUT2D eigenvalue weighted by molar-refractivity contribution is 7.89. The number of hydrogen-bond acceptors (Lipinski definition) is 3. The average Bonchev–Trinajstić information content (AvgIpc) is 2.92. The normalized spacial score (nSPS) is 22.6. The van der Waals surface area contributed by atoms with E-state index in [-0.39, 0.29) is 16.8 Å². The van der Waals surface area contributed by atoms with Crippen LogP contribution in [0.2, 0.25) is 0 Å². The van der Waals surface area contributed by atoms with Crippen molar-refractivity contribution in [1.29, 1.82) is 0 Å². The molecule has 0 bridgehead atoms. The number of nitrogens with one attached hydrogen (secondary N) is 1. The van der Waals surface area contributed by atoms with Crippen LogP contribution in [0.3, 0.4) is 0 Å². The fraction of sp³-hybridized carbons (Fsp3) is 0.417. The van der Waals surface area contributed by atoms with Crippen molar-refractivity contribution in [2.75, 3.05) is 0 Å². The van der Waals surface area contributed by atoms with Crippen LogP contribution in [0, 0.1) is 12.8 Å². The highest BCUT2D eigenvalue weighted by Gasteiger charge is 2.34. The van der Waals surface area contributed by atoms with Gasteiger partial charge < -0.3 is 5.32 Å². The molecule has 2 rings (SSSR count). The zero-order valence-corrected chi connectivity index (χ0v) is 11.1. The maximum Gasteiger partial charge on any atom is 0.251 e. The predicted molar refractivity (Wildman–Crippen MR) is 67.6 cm³/mol. The van der Waals surface area contributed by atoms with Gasteiger partial charge in [0.1, 0.15) is 0 Å². The first-order valence-corrected chi connectivity index (χ1v) is 7.28. The average molecular weight is 268 g/mol. The molecule has 5 nitrogen and oxygen atoms in total. The molecule has 1 amide bonds. The van der Waals surface area contributed by atoms with E-state index in [1.807, 2.05) is 0 Å². The van der Waals surface area contributed by atoms with Crippen molar-refractivity contribution < 1.29 is 13.2 Å². The first-order valence-electron chi connectivity index (χ1n) is 5.73. The standard InChI is InChI=1S/C12H16N2O3S/c1-7-3-4-9(18(13,16)17)6-10(7)12(15)14-11-5-8(11)2/h3-4,6,8,11H,5H2,1-2H3,(H,14,15)(H2,13,16,17). The maximum atomic E-state index is 12.0. The largest absolute Gasteiger partial charge is 0.349 e. The van der Waals surface area contributed by atoms with E-state index in [0.29, 0.717) is 11.5 Å². The van der Waals surface area contributed by atoms with Crippen molar-refractivity contribution in [2.45, 2.75) is 31.2 Å². The van der Waals surface area contributed by atoms with E-state index < -0.39 is 10.0 Å². The number of benzene rings is 1. The minimum absolute atomic E-state index is 0.0397. The van der Waals surface area contributed by atoms with E-state index in [1.165, 1.54) is 12.1 Å². The molecule has 0 aromatic heterocycles. The molecule has 18 heavy (non-hydrogen) atoms. The molecule has 0 spiro atoms. The summed E-state index contributed by atoms with van der Waals surface area (Å²) in [4.78, 5) is 12.0. The predicted octanol–water partition coefficient (Wildman–Crippen LogP) is 0.781. The number of hydrogen-bond donors (Lipinski definition) is 2. The molecule has 1 fully saturated rings. The summed E-state index contributed by atoms with van der Waals surface area (Å²) in [5, 5.41) is 7.92. The van der Waals surface area contributed by atoms with E-state index in [4.69, 9.17) is 5.14 Å². The van der Waals surface area contributed by atoms with Gasteiger partial charge in [0.15, 0.2) is 0 Å². The van der Waals surface area contributed by atoms with E-state index in [1.54, 1.807) is 13.0 Å². The van der Waals surface area contributed by atoms with Crippen molar-refractivity contribution in [3.05, 3.63) is 29.3 Å². The Balaban J connectivity index is 2.29. The molecule has 98 valence electrons. The van der Waals surface area contributed by atoms with Gasteiger partial charge in [0.25, 0.3) is 5.91 Å². The molecule has 0 saturated heterocycles. The monoisotopic (exact) mass is 268 g/mol. The summed E-state index contributed by atoms with van der Waals surface area (Å²) < 4.78 is 22.5. The summed E-state index contributed by atoms with van der Waals surface area (Å²) in [6.45, 7) is 3.82. The Bertz CT molecular complexity index is 595. The number of primary sulfonamides is 1. The quantitative estimate of drug-likeness (QED) is 0.849. The summed E-state index contributed by atoms with van der Waals surface area (Å²) in [5.74, 6) is 0.253. The van der Waals surface area contributed by atoms with Crippen LogP contribution in [0.15, 0.2) is 23.1 Å². The molecule has 2 unspecified atom stereocenters. The minimum atomic E-state index is -3.78. The van der Waals surface area contributed by atoms with Gasteiger partial charge in [0.2, 0.25) is 10.0 Å². The Hall–Kier alpha value is -1.40. The fourth-order valence-electron chi connectivity index (χ4n) is 1.79. The van der Waals surface area contributed by atoms with Gasteiger partial charge in [-0.15, -0.1) is 0 Å². The first kappa shape index (κ1) is 13.0. The van der Waals surface area contributed by atoms with Gasteiger partial charge in [0, 0.05) is 11.6 Å². The van der Waals surface area contributed by atoms with Gasteiger partial charge in [-0.25, -0.2) is 13.6 Å². The third kappa shape index (κ3) is 2.70. The molecule has 0 aliphatic heterocycles. The number of amides is 1. The van der Waals surface area contributed by atoms with Crippen molar-refractivity contribution in [2.24, 2.45) is 11.1 Å². The molecule has 6 heteroatoms. The van der Waals surface area contributed by atoms with Gasteiger partial charge in [-0.1, -0.05) is 13.0 Å². The molecule has 1 aromatic rings. The smallest absolute Gasteiger partial charge is 0.251 e. The SMILES string of the molecule is Cc1ccc(S(N)(=O)=O)cc1C(=O)NC1CC1C. The Morgan fingerprint density at radius 1 is 1.44 bits per heavy atom. The summed E-state index contributed by atoms with van der Waals surface area (Å²) in [7, 11) is -3.78. The van der Waals surface area contributed by atoms with Gasteiger partial charge in [-0.05, 0) is 37.0 Å². The summed E-state index contributed by atoms with van der Waals surface area (Å²) in [6, 6.07) is 4.52. The van der Waals surface area contributed by atoms with Crippen LogP contribution >= 0.6 is 0 Å². The third-order valence-corrected chi connectivity index (χ3v) is 4.12. The highest BCUT2D eigenvalue weighted by Crippen LogP contribution is 2.29. The molecule has 1 aromatic carbocycles. The van der Waals surface area contributed by atoms with Gasteiger partial charge in [-0.2, -0.15) is 0 Å². The van der Waals surface area contributed by atoms with E-state index in [9.17, 15) is 13.2 Å². The molecular weight excluding hydrogens is 252 g/mol. The molecule has 1 aliphatic carbocycles. The number of carbonyl (C=O) groups is 1. The van der Waals surface area contributed by atoms with Gasteiger partial charge >= 0.3 is 0 Å². The summed E-state index contributed by atoms with van der Waals surface area (Å²) >= 11 is 0. The van der Waals surface area contributed by atoms with Crippen LogP contribution in [0.25, 0.3) is 0 Å². The lowest BCUT2D eigenvalue weighted by atomic mass is 10.1. The third-order valence-electron chi connectivity index (χ3n) is 3.21. The first-order chi connectivity index (χ1) is 8.29. The maximum absolute atomic E-state index is 12.0. The topological polar surface area (TPSA) is 89.3 Å². The Kier molecular flexibility index (Phi) is 3.16. The minimum Gasteiger partial charge on any atom is -0.349 e. The zero-order chi connectivity index (χ0) is 13.5. The number of nitrogens with two attached hydrogens (primary N) is 1. The molecule has 2 atom stereocenters. The second kappa shape index (κ2) is 4.37. The van der Waals surface area contributed by atoms with Crippen LogP contribution in [0.5, 0.6) is 0 Å². The van der Waals surface area contributed by atoms with Crippen molar-refractivity contribution in [3.8, 4) is 0 Å². The lowest BCUT2D eigenvalue weighted by Gasteiger charge is -2.08. The van der Waals surface area contributed by atoms with Crippen LogP contribution in [-0.2, 0) is 10.0 Å². The van der Waals surface area contributed by atoms with Crippen LogP contribution < -0.4 is 10.5 Å². The zero-order valence-electron chi connectivity index (χ0n) is 10.3. The molecule has 3 N–H and O–H groups in total. The van der Waals surface area contributed by atoms with Crippen LogP contribution in [-0.4, -0.2) is 20.4 Å². The van der Waals surface area contributed by atoms with E-state index >= 15 is 0 Å². The number of sulfonamides is 1. The fourth-order valence-corrected chi connectivity index (χ4v) is 2.33. The molecule has 0 heterocycles. The van der Waals surface area contributed by atoms with Crippen molar-refractivity contribution in [1.82, 2.24) is 5.32 Å². The number of carbonyl (C=O) groups excluding carboxylic acids is 1. The lowest BCUT2D eigenvalue weighted by Crippen LogP contribution is -2.27. The van der Waals surface area contributed by atoms with E-state index in [2.05, 4.69) is 12.2 Å². The summed E-state index contributed by atoms with van der Waals surface area (Å²) in [5.41, 5.74) is 1.09. The van der Waals surface area contributed by atoms with Crippen molar-refractivity contribution in [3.63, 3.8) is 0 Å². The second-order valence-corrected chi connectivity index (χ2v) is 6.38. The summed E-state index contributed by atoms with van der Waals surface area (Å²) in [6.07, 6.45) is 0.972. The lowest BCUT2D eigenvalue weighted by molar-refractivity contribution is 0.0948. The van der Waals surface area contributed by atoms with E-state index in [0.717, 1.165) is 12.0 Å². The molecule has 1 aliphatic rings. The van der Waals surface area contributed by atoms with Gasteiger partial charge in [-0.3, -0.25) is 4.79 Å². The van der Waals surface area contributed by atoms with Crippen LogP contribution in [0.1, 0.15) is 29.3 Å². The highest BCUT2D eigenvalue weighted by atomic mass is 32.2. The molecular formula is C12H16N2O3S. The number of rotatable bonds is 3. The van der Waals surface area contributed by atoms with Gasteiger partial charge in [0.05, 0.1) is 4.90 Å². The van der Waals surface area contributed by atoms with Crippen molar-refractivity contribution >= 4 is 15.9 Å². The van der Waals surface area contributed by atoms with Crippen LogP contribution in [0.4, 0.5) is 0 Å². The second-order valence-electron chi connectivity index (χ2n) is 4.81. The Morgan fingerprint density at radius 2 is 2.06 bits per heavy atom. The Labute approximate surface area is 106 Å². The Morgan fingerprint density at radius 3 is 2.56 bits per heavy atom. The molecule has 0 radical (unpaired) electrons. The molecule has 1 saturated carbocycles.